The van der Waals surface area contributed by atoms with E-state index in [9.17, 15) is 4.39 Å². The third-order valence-electron chi connectivity index (χ3n) is 3.75. The third-order valence-corrected chi connectivity index (χ3v) is 3.98. The fourth-order valence-corrected chi connectivity index (χ4v) is 2.60. The van der Waals surface area contributed by atoms with Crippen LogP contribution in [0.25, 0.3) is 0 Å². The van der Waals surface area contributed by atoms with Gasteiger partial charge in [-0.05, 0) is 49.2 Å². The van der Waals surface area contributed by atoms with Crippen molar-refractivity contribution in [1.82, 2.24) is 10.6 Å². The van der Waals surface area contributed by atoms with Gasteiger partial charge < -0.3 is 15.7 Å². The van der Waals surface area contributed by atoms with Gasteiger partial charge >= 0.3 is 0 Å². The minimum absolute atomic E-state index is 0.0257. The lowest BCUT2D eigenvalue weighted by molar-refractivity contribution is 0.275. The third kappa shape index (κ3) is 5.73. The molecule has 0 heterocycles. The molecule has 25 heavy (non-hydrogen) atoms. The van der Waals surface area contributed by atoms with Crippen LogP contribution in [0.15, 0.2) is 47.5 Å². The van der Waals surface area contributed by atoms with E-state index in [2.05, 4.69) is 15.6 Å². The van der Waals surface area contributed by atoms with Gasteiger partial charge in [-0.25, -0.2) is 9.38 Å². The number of nitrogens with one attached hydrogen (secondary N) is 2. The van der Waals surface area contributed by atoms with E-state index >= 15 is 0 Å². The number of halogens is 2. The number of hydrogen-bond donors (Lipinski definition) is 3. The molecule has 0 saturated carbocycles. The summed E-state index contributed by atoms with van der Waals surface area (Å²) in [7, 11) is 0. The fraction of sp³-hybridized carbons (Fsp3) is 0.316. The molecule has 4 nitrogen and oxygen atoms in total. The Morgan fingerprint density at radius 2 is 2.08 bits per heavy atom. The second-order valence-corrected chi connectivity index (χ2v) is 6.14. The Kier molecular flexibility index (Phi) is 7.22. The maximum Gasteiger partial charge on any atom is 0.192 e. The Bertz CT molecular complexity index is 736. The molecule has 0 bridgehead atoms. The van der Waals surface area contributed by atoms with E-state index in [1.165, 1.54) is 6.07 Å². The van der Waals surface area contributed by atoms with Crippen LogP contribution in [0.1, 0.15) is 36.6 Å². The molecule has 3 N–H and O–H groups in total. The lowest BCUT2D eigenvalue weighted by Gasteiger charge is -2.18. The van der Waals surface area contributed by atoms with E-state index in [-0.39, 0.29) is 18.2 Å². The van der Waals surface area contributed by atoms with Crippen LogP contribution < -0.4 is 10.6 Å². The number of guanidine groups is 1. The van der Waals surface area contributed by atoms with E-state index in [1.807, 2.05) is 38.1 Å². The zero-order chi connectivity index (χ0) is 18.2. The summed E-state index contributed by atoms with van der Waals surface area (Å²) in [5.74, 6) is 0.250. The molecule has 0 fully saturated rings. The van der Waals surface area contributed by atoms with Gasteiger partial charge in [-0.2, -0.15) is 0 Å². The molecule has 2 aromatic carbocycles. The lowest BCUT2D eigenvalue weighted by Crippen LogP contribution is -2.38. The summed E-state index contributed by atoms with van der Waals surface area (Å²) >= 11 is 6.04. The minimum Gasteiger partial charge on any atom is -0.392 e. The van der Waals surface area contributed by atoms with Crippen LogP contribution in [0, 0.1) is 5.82 Å². The molecule has 0 aromatic heterocycles. The molecule has 0 spiro atoms. The largest absolute Gasteiger partial charge is 0.392 e. The van der Waals surface area contributed by atoms with Crippen LogP contribution in [-0.4, -0.2) is 17.6 Å². The smallest absolute Gasteiger partial charge is 0.192 e. The second kappa shape index (κ2) is 9.39. The molecule has 6 heteroatoms. The van der Waals surface area contributed by atoms with Crippen molar-refractivity contribution in [3.05, 3.63) is 70.0 Å². The van der Waals surface area contributed by atoms with Gasteiger partial charge in [0.05, 0.1) is 19.2 Å². The van der Waals surface area contributed by atoms with E-state index < -0.39 is 5.82 Å². The summed E-state index contributed by atoms with van der Waals surface area (Å²) < 4.78 is 13.5. The zero-order valence-corrected chi connectivity index (χ0v) is 15.1. The summed E-state index contributed by atoms with van der Waals surface area (Å²) in [4.78, 5) is 4.53. The number of benzene rings is 2. The average Bonchev–Trinajstić information content (AvgIpc) is 2.61. The van der Waals surface area contributed by atoms with Crippen LogP contribution in [0.2, 0.25) is 5.02 Å². The second-order valence-electron chi connectivity index (χ2n) is 5.70. The first-order valence-electron chi connectivity index (χ1n) is 8.22. The summed E-state index contributed by atoms with van der Waals surface area (Å²) in [6.07, 6.45) is 0. The maximum absolute atomic E-state index is 13.5. The van der Waals surface area contributed by atoms with Crippen LogP contribution in [0.4, 0.5) is 4.39 Å². The Balaban J connectivity index is 2.10. The number of nitrogens with zero attached hydrogens (tertiary/aromatic N) is 1. The van der Waals surface area contributed by atoms with E-state index in [0.29, 0.717) is 17.5 Å². The Labute approximate surface area is 152 Å². The summed E-state index contributed by atoms with van der Waals surface area (Å²) in [5, 5.41) is 16.4. The highest BCUT2D eigenvalue weighted by Crippen LogP contribution is 2.17. The Morgan fingerprint density at radius 3 is 2.76 bits per heavy atom. The normalized spacial score (nSPS) is 12.8. The lowest BCUT2D eigenvalue weighted by atomic mass is 10.1. The number of hydrogen-bond acceptors (Lipinski definition) is 2. The van der Waals surface area contributed by atoms with Gasteiger partial charge in [0.2, 0.25) is 0 Å². The van der Waals surface area contributed by atoms with Gasteiger partial charge in [-0.15, -0.1) is 0 Å². The molecule has 0 aliphatic heterocycles. The molecule has 2 rings (SSSR count). The molecule has 2 aromatic rings. The predicted molar refractivity (Wildman–Crippen MR) is 100 cm³/mol. The van der Waals surface area contributed by atoms with Crippen molar-refractivity contribution in [3.63, 3.8) is 0 Å². The first-order valence-corrected chi connectivity index (χ1v) is 8.59. The van der Waals surface area contributed by atoms with Crippen LogP contribution in [-0.2, 0) is 13.2 Å². The first-order chi connectivity index (χ1) is 12.0. The standard InChI is InChI=1S/C19H23ClFN3O/c1-3-22-19(24-13(2)15-5-4-6-17(20)10-15)23-11-14-7-8-18(21)16(9-14)12-25/h4-10,13,25H,3,11-12H2,1-2H3,(H2,22,23,24). The monoisotopic (exact) mass is 363 g/mol. The van der Waals surface area contributed by atoms with Gasteiger partial charge in [0.25, 0.3) is 0 Å². The molecule has 0 aliphatic rings. The number of aliphatic hydroxyl groups excluding tert-OH is 1. The maximum atomic E-state index is 13.5. The SMILES string of the molecule is CCNC(=NCc1ccc(F)c(CO)c1)NC(C)c1cccc(Cl)c1. The highest BCUT2D eigenvalue weighted by molar-refractivity contribution is 6.30. The van der Waals surface area contributed by atoms with E-state index in [1.54, 1.807) is 12.1 Å². The topological polar surface area (TPSA) is 56.7 Å². The van der Waals surface area contributed by atoms with Gasteiger partial charge in [-0.1, -0.05) is 29.8 Å². The Hall–Kier alpha value is -2.11. The molecule has 0 amide bonds. The summed E-state index contributed by atoms with van der Waals surface area (Å²) in [6.45, 7) is 4.79. The number of aliphatic hydroxyl groups is 1. The van der Waals surface area contributed by atoms with Crippen LogP contribution >= 0.6 is 11.6 Å². The molecule has 134 valence electrons. The fourth-order valence-electron chi connectivity index (χ4n) is 2.40. The van der Waals surface area contributed by atoms with E-state index in [4.69, 9.17) is 16.7 Å². The van der Waals surface area contributed by atoms with Crippen molar-refractivity contribution >= 4 is 17.6 Å². The molecule has 0 saturated heterocycles. The molecule has 0 aliphatic carbocycles. The van der Waals surface area contributed by atoms with Crippen molar-refractivity contribution in [2.45, 2.75) is 33.0 Å². The van der Waals surface area contributed by atoms with Crippen molar-refractivity contribution < 1.29 is 9.50 Å². The van der Waals surface area contributed by atoms with Gasteiger partial charge in [0.1, 0.15) is 5.82 Å². The van der Waals surface area contributed by atoms with Crippen molar-refractivity contribution in [1.29, 1.82) is 0 Å². The summed E-state index contributed by atoms with van der Waals surface area (Å²) in [6, 6.07) is 12.3. The van der Waals surface area contributed by atoms with Crippen molar-refractivity contribution in [3.8, 4) is 0 Å². The molecule has 1 unspecified atom stereocenters. The van der Waals surface area contributed by atoms with Gasteiger partial charge in [0, 0.05) is 17.1 Å². The minimum atomic E-state index is -0.408. The molecular weight excluding hydrogens is 341 g/mol. The molecular formula is C19H23ClFN3O. The van der Waals surface area contributed by atoms with E-state index in [0.717, 1.165) is 17.7 Å². The highest BCUT2D eigenvalue weighted by Gasteiger charge is 2.08. The highest BCUT2D eigenvalue weighted by atomic mass is 35.5. The van der Waals surface area contributed by atoms with Crippen molar-refractivity contribution in [2.24, 2.45) is 4.99 Å². The van der Waals surface area contributed by atoms with Crippen LogP contribution in [0.5, 0.6) is 0 Å². The number of aliphatic imine (C=N–C) groups is 1. The van der Waals surface area contributed by atoms with Gasteiger partial charge in [0.15, 0.2) is 5.96 Å². The first kappa shape index (κ1) is 19.2. The van der Waals surface area contributed by atoms with Crippen LogP contribution in [0.3, 0.4) is 0 Å². The summed E-state index contributed by atoms with van der Waals surface area (Å²) in [5.41, 5.74) is 2.17. The number of rotatable bonds is 6. The predicted octanol–water partition coefficient (Wildman–Crippen LogP) is 3.79. The molecule has 1 atom stereocenters. The quantitative estimate of drug-likeness (QED) is 0.540. The molecule has 0 radical (unpaired) electrons. The van der Waals surface area contributed by atoms with Gasteiger partial charge in [-0.3, -0.25) is 0 Å². The average molecular weight is 364 g/mol. The van der Waals surface area contributed by atoms with Crippen molar-refractivity contribution in [2.75, 3.05) is 6.54 Å². The Morgan fingerprint density at radius 1 is 1.28 bits per heavy atom. The zero-order valence-electron chi connectivity index (χ0n) is 14.4.